The Balaban J connectivity index is 1.11. The van der Waals surface area contributed by atoms with Gasteiger partial charge in [-0.2, -0.15) is 4.68 Å². The zero-order chi connectivity index (χ0) is 22.5. The molecular weight excluding hydrogens is 420 g/mol. The van der Waals surface area contributed by atoms with E-state index in [1.54, 1.807) is 4.68 Å². The summed E-state index contributed by atoms with van der Waals surface area (Å²) in [7, 11) is 0. The molecule has 10 heteroatoms. The number of hydrogen-bond acceptors (Lipinski definition) is 8. The molecule has 1 aromatic heterocycles. The molecule has 3 aromatic rings. The number of amides is 1. The first-order valence-corrected chi connectivity index (χ1v) is 11.3. The molecule has 0 bridgehead atoms. The molecule has 10 nitrogen and oxygen atoms in total. The second-order valence-corrected chi connectivity index (χ2v) is 8.18. The van der Waals surface area contributed by atoms with E-state index in [4.69, 9.17) is 4.74 Å². The molecule has 3 heterocycles. The topological polar surface area (TPSA) is 91.7 Å². The van der Waals surface area contributed by atoms with Gasteiger partial charge in [0.1, 0.15) is 0 Å². The molecule has 2 aromatic carbocycles. The number of para-hydroxylation sites is 1. The number of aromatic nitrogens is 4. The van der Waals surface area contributed by atoms with Crippen molar-refractivity contribution >= 4 is 23.2 Å². The molecule has 0 saturated carbocycles. The lowest BCUT2D eigenvalue weighted by Crippen LogP contribution is -2.49. The third-order valence-electron chi connectivity index (χ3n) is 6.00. The molecule has 0 unspecified atom stereocenters. The second-order valence-electron chi connectivity index (χ2n) is 8.18. The number of tetrazole rings is 1. The Morgan fingerprint density at radius 3 is 2.30 bits per heavy atom. The Hall–Kier alpha value is -3.50. The Labute approximate surface area is 192 Å². The summed E-state index contributed by atoms with van der Waals surface area (Å²) < 4.78 is 7.16. The highest BCUT2D eigenvalue weighted by atomic mass is 16.5. The number of morpholine rings is 1. The van der Waals surface area contributed by atoms with Crippen molar-refractivity contribution in [3.8, 4) is 5.69 Å². The number of hydrogen-bond donors (Lipinski definition) is 1. The number of nitrogens with one attached hydrogen (secondary N) is 1. The van der Waals surface area contributed by atoms with E-state index in [1.165, 1.54) is 0 Å². The van der Waals surface area contributed by atoms with Crippen LogP contribution in [0.4, 0.5) is 17.3 Å². The molecule has 2 saturated heterocycles. The maximum absolute atomic E-state index is 12.6. The summed E-state index contributed by atoms with van der Waals surface area (Å²) in [5.41, 5.74) is 2.90. The normalized spacial score (nSPS) is 17.2. The van der Waals surface area contributed by atoms with Crippen LogP contribution in [0.25, 0.3) is 5.69 Å². The largest absolute Gasteiger partial charge is 0.378 e. The number of rotatable bonds is 6. The van der Waals surface area contributed by atoms with Gasteiger partial charge in [-0.25, -0.2) is 0 Å². The lowest BCUT2D eigenvalue weighted by atomic mass is 10.2. The molecule has 1 amide bonds. The second kappa shape index (κ2) is 9.97. The highest BCUT2D eigenvalue weighted by molar-refractivity contribution is 5.92. The SMILES string of the molecule is O=C(CN1CCN(c2nnnn2-c2ccccc2)CC1)Nc1ccc(N2CCOCC2)cc1. The van der Waals surface area contributed by atoms with Crippen molar-refractivity contribution in [2.75, 3.05) is 74.1 Å². The van der Waals surface area contributed by atoms with E-state index >= 15 is 0 Å². The zero-order valence-corrected chi connectivity index (χ0v) is 18.5. The van der Waals surface area contributed by atoms with Crippen LogP contribution in [-0.2, 0) is 9.53 Å². The van der Waals surface area contributed by atoms with Crippen LogP contribution in [0.5, 0.6) is 0 Å². The summed E-state index contributed by atoms with van der Waals surface area (Å²) in [6.45, 7) is 6.73. The fourth-order valence-corrected chi connectivity index (χ4v) is 4.20. The predicted molar refractivity (Wildman–Crippen MR) is 126 cm³/mol. The quantitative estimate of drug-likeness (QED) is 0.603. The Morgan fingerprint density at radius 1 is 0.848 bits per heavy atom. The molecule has 33 heavy (non-hydrogen) atoms. The van der Waals surface area contributed by atoms with E-state index in [9.17, 15) is 4.79 Å². The molecular formula is C23H28N8O2. The summed E-state index contributed by atoms with van der Waals surface area (Å²) in [5.74, 6) is 0.724. The van der Waals surface area contributed by atoms with Crippen LogP contribution in [0.15, 0.2) is 54.6 Å². The fourth-order valence-electron chi connectivity index (χ4n) is 4.20. The first-order chi connectivity index (χ1) is 16.3. The van der Waals surface area contributed by atoms with Crippen molar-refractivity contribution in [1.29, 1.82) is 0 Å². The fraction of sp³-hybridized carbons (Fsp3) is 0.391. The number of ether oxygens (including phenoxy) is 1. The molecule has 0 spiro atoms. The zero-order valence-electron chi connectivity index (χ0n) is 18.5. The molecule has 2 aliphatic heterocycles. The highest BCUT2D eigenvalue weighted by Gasteiger charge is 2.23. The van der Waals surface area contributed by atoms with Crippen molar-refractivity contribution < 1.29 is 9.53 Å². The standard InChI is InChI=1S/C23H28N8O2/c32-22(24-19-6-8-20(9-7-19)29-14-16-33-17-15-29)18-28-10-12-30(13-11-28)23-25-26-27-31(23)21-4-2-1-3-5-21/h1-9H,10-18H2,(H,24,32). The van der Waals surface area contributed by atoms with E-state index in [1.807, 2.05) is 42.5 Å². The molecule has 0 radical (unpaired) electrons. The number of carbonyl (C=O) groups is 1. The van der Waals surface area contributed by atoms with Crippen LogP contribution in [0.2, 0.25) is 0 Å². The highest BCUT2D eigenvalue weighted by Crippen LogP contribution is 2.20. The molecule has 2 aliphatic rings. The van der Waals surface area contributed by atoms with E-state index in [-0.39, 0.29) is 5.91 Å². The van der Waals surface area contributed by atoms with Gasteiger partial charge in [0, 0.05) is 50.6 Å². The Morgan fingerprint density at radius 2 is 1.58 bits per heavy atom. The van der Waals surface area contributed by atoms with Crippen molar-refractivity contribution in [2.24, 2.45) is 0 Å². The maximum atomic E-state index is 12.6. The van der Waals surface area contributed by atoms with Gasteiger partial charge >= 0.3 is 0 Å². The Bertz CT molecular complexity index is 1040. The number of carbonyl (C=O) groups excluding carboxylic acids is 1. The summed E-state index contributed by atoms with van der Waals surface area (Å²) in [6.07, 6.45) is 0. The summed E-state index contributed by atoms with van der Waals surface area (Å²) in [6, 6.07) is 17.9. The minimum atomic E-state index is -0.00306. The molecule has 1 N–H and O–H groups in total. The minimum absolute atomic E-state index is 0.00306. The van der Waals surface area contributed by atoms with Crippen LogP contribution in [0, 0.1) is 0 Å². The van der Waals surface area contributed by atoms with E-state index < -0.39 is 0 Å². The van der Waals surface area contributed by atoms with Crippen LogP contribution < -0.4 is 15.1 Å². The van der Waals surface area contributed by atoms with Gasteiger partial charge in [0.2, 0.25) is 11.9 Å². The predicted octanol–water partition coefficient (Wildman–Crippen LogP) is 1.26. The number of piperazine rings is 1. The molecule has 2 fully saturated rings. The van der Waals surface area contributed by atoms with Gasteiger partial charge in [0.25, 0.3) is 0 Å². The molecule has 5 rings (SSSR count). The van der Waals surface area contributed by atoms with Crippen molar-refractivity contribution in [1.82, 2.24) is 25.1 Å². The van der Waals surface area contributed by atoms with Crippen molar-refractivity contribution in [3.05, 3.63) is 54.6 Å². The Kier molecular flexibility index (Phi) is 6.45. The van der Waals surface area contributed by atoms with Gasteiger partial charge in [-0.05, 0) is 46.8 Å². The number of anilines is 3. The third-order valence-corrected chi connectivity index (χ3v) is 6.00. The first-order valence-electron chi connectivity index (χ1n) is 11.3. The van der Waals surface area contributed by atoms with Crippen molar-refractivity contribution in [3.63, 3.8) is 0 Å². The lowest BCUT2D eigenvalue weighted by molar-refractivity contribution is -0.117. The van der Waals surface area contributed by atoms with E-state index in [0.717, 1.165) is 75.5 Å². The average molecular weight is 449 g/mol. The monoisotopic (exact) mass is 448 g/mol. The van der Waals surface area contributed by atoms with Crippen molar-refractivity contribution in [2.45, 2.75) is 0 Å². The average Bonchev–Trinajstić information content (AvgIpc) is 3.36. The van der Waals surface area contributed by atoms with Crippen LogP contribution >= 0.6 is 0 Å². The minimum Gasteiger partial charge on any atom is -0.378 e. The van der Waals surface area contributed by atoms with Gasteiger partial charge in [-0.15, -0.1) is 0 Å². The summed E-state index contributed by atoms with van der Waals surface area (Å²) in [5, 5.41) is 15.2. The molecule has 172 valence electrons. The van der Waals surface area contributed by atoms with E-state index in [0.29, 0.717) is 6.54 Å². The van der Waals surface area contributed by atoms with Gasteiger partial charge in [0.15, 0.2) is 0 Å². The van der Waals surface area contributed by atoms with Crippen LogP contribution in [0.3, 0.4) is 0 Å². The first kappa shape index (κ1) is 21.4. The van der Waals surface area contributed by atoms with E-state index in [2.05, 4.69) is 47.7 Å². The smallest absolute Gasteiger partial charge is 0.250 e. The lowest BCUT2D eigenvalue weighted by Gasteiger charge is -2.34. The number of benzene rings is 2. The maximum Gasteiger partial charge on any atom is 0.250 e. The summed E-state index contributed by atoms with van der Waals surface area (Å²) in [4.78, 5) is 19.2. The molecule has 0 atom stereocenters. The molecule has 0 aliphatic carbocycles. The third kappa shape index (κ3) is 5.12. The van der Waals surface area contributed by atoms with Gasteiger partial charge in [-0.1, -0.05) is 23.3 Å². The van der Waals surface area contributed by atoms with Gasteiger partial charge in [-0.3, -0.25) is 9.69 Å². The number of nitrogens with zero attached hydrogens (tertiary/aromatic N) is 7. The van der Waals surface area contributed by atoms with Gasteiger partial charge in [0.05, 0.1) is 25.4 Å². The van der Waals surface area contributed by atoms with Crippen LogP contribution in [0.1, 0.15) is 0 Å². The van der Waals surface area contributed by atoms with Crippen LogP contribution in [-0.4, -0.2) is 90.0 Å². The summed E-state index contributed by atoms with van der Waals surface area (Å²) >= 11 is 0. The van der Waals surface area contributed by atoms with Gasteiger partial charge < -0.3 is 19.9 Å².